The molecule has 0 saturated carbocycles. The molecule has 2 aromatic heterocycles. The van der Waals surface area contributed by atoms with E-state index in [1.807, 2.05) is 36.4 Å². The molecule has 0 fully saturated rings. The zero-order valence-corrected chi connectivity index (χ0v) is 13.6. The van der Waals surface area contributed by atoms with E-state index >= 15 is 0 Å². The van der Waals surface area contributed by atoms with Crippen LogP contribution in [-0.2, 0) is 5.75 Å². The van der Waals surface area contributed by atoms with Crippen LogP contribution < -0.4 is 0 Å². The van der Waals surface area contributed by atoms with Crippen molar-refractivity contribution in [2.75, 3.05) is 0 Å². The second kappa shape index (κ2) is 7.23. The minimum absolute atomic E-state index is 0.164. The molecule has 0 N–H and O–H groups in total. The fraction of sp³-hybridized carbons (Fsp3) is 0.0588. The van der Waals surface area contributed by atoms with Crippen LogP contribution in [0.1, 0.15) is 11.1 Å². The lowest BCUT2D eigenvalue weighted by atomic mass is 10.1. The van der Waals surface area contributed by atoms with Gasteiger partial charge in [-0.05, 0) is 17.7 Å². The van der Waals surface area contributed by atoms with Crippen molar-refractivity contribution in [3.63, 3.8) is 0 Å². The Morgan fingerprint density at radius 3 is 2.61 bits per heavy atom. The Bertz CT molecular complexity index is 848. The third-order valence-electron chi connectivity index (χ3n) is 3.10. The number of rotatable bonds is 4. The van der Waals surface area contributed by atoms with Crippen molar-refractivity contribution < 1.29 is 0 Å². The van der Waals surface area contributed by atoms with Gasteiger partial charge in [-0.3, -0.25) is 4.98 Å². The molecule has 0 spiro atoms. The van der Waals surface area contributed by atoms with Gasteiger partial charge in [0.15, 0.2) is 10.3 Å². The summed E-state index contributed by atoms with van der Waals surface area (Å²) >= 11 is 7.64. The highest BCUT2D eigenvalue weighted by atomic mass is 35.5. The van der Waals surface area contributed by atoms with Crippen LogP contribution in [0.15, 0.2) is 60.0 Å². The number of aromatic nitrogens is 3. The van der Waals surface area contributed by atoms with Crippen LogP contribution in [-0.4, -0.2) is 15.0 Å². The highest BCUT2D eigenvalue weighted by Crippen LogP contribution is 2.29. The van der Waals surface area contributed by atoms with Gasteiger partial charge in [0.25, 0.3) is 0 Å². The standard InChI is InChI=1S/C17H11ClN4S/c18-16-14(9-19)15(13-7-4-8-20-10-13)21-17(22-16)23-11-12-5-2-1-3-6-12/h1-8,10H,11H2. The summed E-state index contributed by atoms with van der Waals surface area (Å²) in [5, 5.41) is 10.0. The van der Waals surface area contributed by atoms with Crippen molar-refractivity contribution in [2.45, 2.75) is 10.9 Å². The van der Waals surface area contributed by atoms with Gasteiger partial charge in [0, 0.05) is 23.7 Å². The zero-order chi connectivity index (χ0) is 16.1. The molecule has 0 saturated heterocycles. The second-order valence-corrected chi connectivity index (χ2v) is 5.95. The first-order chi connectivity index (χ1) is 11.3. The first-order valence-electron chi connectivity index (χ1n) is 6.82. The van der Waals surface area contributed by atoms with Crippen LogP contribution in [0.2, 0.25) is 5.15 Å². The Hall–Kier alpha value is -2.42. The van der Waals surface area contributed by atoms with E-state index in [9.17, 15) is 5.26 Å². The van der Waals surface area contributed by atoms with E-state index in [1.54, 1.807) is 18.5 Å². The van der Waals surface area contributed by atoms with Crippen molar-refractivity contribution in [3.8, 4) is 17.3 Å². The van der Waals surface area contributed by atoms with Crippen LogP contribution in [0.4, 0.5) is 0 Å². The van der Waals surface area contributed by atoms with E-state index in [0.717, 1.165) is 11.3 Å². The van der Waals surface area contributed by atoms with Crippen LogP contribution in [0, 0.1) is 11.3 Å². The number of nitriles is 1. The van der Waals surface area contributed by atoms with Crippen molar-refractivity contribution in [2.24, 2.45) is 0 Å². The van der Waals surface area contributed by atoms with Crippen LogP contribution in [0.5, 0.6) is 0 Å². The number of pyridine rings is 1. The van der Waals surface area contributed by atoms with Crippen molar-refractivity contribution >= 4 is 23.4 Å². The molecular weight excluding hydrogens is 328 g/mol. The third kappa shape index (κ3) is 3.67. The van der Waals surface area contributed by atoms with Gasteiger partial charge in [0.05, 0.1) is 5.69 Å². The van der Waals surface area contributed by atoms with Crippen molar-refractivity contribution in [1.82, 2.24) is 15.0 Å². The van der Waals surface area contributed by atoms with Gasteiger partial charge in [0.1, 0.15) is 11.6 Å². The number of hydrogen-bond acceptors (Lipinski definition) is 5. The average molecular weight is 339 g/mol. The maximum absolute atomic E-state index is 9.32. The number of thioether (sulfide) groups is 1. The fourth-order valence-corrected chi connectivity index (χ4v) is 3.07. The molecule has 6 heteroatoms. The Balaban J connectivity index is 1.94. The highest BCUT2D eigenvalue weighted by Gasteiger charge is 2.15. The van der Waals surface area contributed by atoms with E-state index < -0.39 is 0 Å². The number of benzene rings is 1. The van der Waals surface area contributed by atoms with Crippen LogP contribution in [0.25, 0.3) is 11.3 Å². The van der Waals surface area contributed by atoms with Crippen LogP contribution in [0.3, 0.4) is 0 Å². The third-order valence-corrected chi connectivity index (χ3v) is 4.29. The topological polar surface area (TPSA) is 62.5 Å². The molecule has 0 atom stereocenters. The molecule has 0 aliphatic rings. The first-order valence-corrected chi connectivity index (χ1v) is 8.19. The molecule has 0 unspecified atom stereocenters. The molecule has 0 aliphatic heterocycles. The number of hydrogen-bond donors (Lipinski definition) is 0. The number of halogens is 1. The van der Waals surface area contributed by atoms with Gasteiger partial charge in [-0.2, -0.15) is 5.26 Å². The zero-order valence-electron chi connectivity index (χ0n) is 12.0. The molecule has 112 valence electrons. The van der Waals surface area contributed by atoms with Crippen molar-refractivity contribution in [1.29, 1.82) is 5.26 Å². The molecule has 3 aromatic rings. The Morgan fingerprint density at radius 1 is 1.09 bits per heavy atom. The van der Waals surface area contributed by atoms with Gasteiger partial charge in [-0.25, -0.2) is 9.97 Å². The lowest BCUT2D eigenvalue weighted by molar-refractivity contribution is 0.965. The summed E-state index contributed by atoms with van der Waals surface area (Å²) in [5.74, 6) is 0.732. The van der Waals surface area contributed by atoms with E-state index in [2.05, 4.69) is 21.0 Å². The molecule has 2 heterocycles. The predicted octanol–water partition coefficient (Wildman–Crippen LogP) is 4.36. The average Bonchev–Trinajstić information content (AvgIpc) is 2.61. The molecule has 0 bridgehead atoms. The van der Waals surface area contributed by atoms with E-state index in [1.165, 1.54) is 17.3 Å². The van der Waals surface area contributed by atoms with E-state index in [4.69, 9.17) is 11.6 Å². The Labute approximate surface area is 143 Å². The summed E-state index contributed by atoms with van der Waals surface area (Å²) in [6.45, 7) is 0. The molecule has 0 amide bonds. The van der Waals surface area contributed by atoms with E-state index in [0.29, 0.717) is 10.9 Å². The Morgan fingerprint density at radius 2 is 1.91 bits per heavy atom. The first kappa shape index (κ1) is 15.5. The van der Waals surface area contributed by atoms with Crippen molar-refractivity contribution in [3.05, 3.63) is 71.1 Å². The quantitative estimate of drug-likeness (QED) is 0.402. The summed E-state index contributed by atoms with van der Waals surface area (Å²) in [7, 11) is 0. The molecule has 0 radical (unpaired) electrons. The summed E-state index contributed by atoms with van der Waals surface area (Å²) < 4.78 is 0. The van der Waals surface area contributed by atoms with E-state index in [-0.39, 0.29) is 10.7 Å². The normalized spacial score (nSPS) is 10.3. The Kier molecular flexibility index (Phi) is 4.86. The molecule has 1 aromatic carbocycles. The SMILES string of the molecule is N#Cc1c(Cl)nc(SCc2ccccc2)nc1-c1cccnc1. The largest absolute Gasteiger partial charge is 0.264 e. The maximum atomic E-state index is 9.32. The summed E-state index contributed by atoms with van der Waals surface area (Å²) in [5.41, 5.74) is 2.69. The fourth-order valence-electron chi connectivity index (χ4n) is 2.01. The molecule has 0 aliphatic carbocycles. The summed E-state index contributed by atoms with van der Waals surface area (Å²) in [6, 6.07) is 15.7. The smallest absolute Gasteiger partial charge is 0.189 e. The molecular formula is C17H11ClN4S. The summed E-state index contributed by atoms with van der Waals surface area (Å²) in [4.78, 5) is 12.8. The minimum atomic E-state index is 0.164. The maximum Gasteiger partial charge on any atom is 0.189 e. The monoisotopic (exact) mass is 338 g/mol. The predicted molar refractivity (Wildman–Crippen MR) is 91.0 cm³/mol. The molecule has 3 rings (SSSR count). The van der Waals surface area contributed by atoms with Gasteiger partial charge in [-0.1, -0.05) is 53.7 Å². The van der Waals surface area contributed by atoms with Gasteiger partial charge in [0.2, 0.25) is 0 Å². The molecule has 23 heavy (non-hydrogen) atoms. The lowest BCUT2D eigenvalue weighted by Crippen LogP contribution is -1.97. The van der Waals surface area contributed by atoms with Gasteiger partial charge >= 0.3 is 0 Å². The highest BCUT2D eigenvalue weighted by molar-refractivity contribution is 7.98. The van der Waals surface area contributed by atoms with Gasteiger partial charge in [-0.15, -0.1) is 0 Å². The molecule has 4 nitrogen and oxygen atoms in total. The van der Waals surface area contributed by atoms with Gasteiger partial charge < -0.3 is 0 Å². The number of nitrogens with zero attached hydrogens (tertiary/aromatic N) is 4. The second-order valence-electron chi connectivity index (χ2n) is 4.65. The lowest BCUT2D eigenvalue weighted by Gasteiger charge is -2.07. The minimum Gasteiger partial charge on any atom is -0.264 e. The van der Waals surface area contributed by atoms with Crippen LogP contribution >= 0.6 is 23.4 Å². The summed E-state index contributed by atoms with van der Waals surface area (Å²) in [6.07, 6.45) is 3.33.